The molecule has 0 radical (unpaired) electrons. The van der Waals surface area contributed by atoms with Crippen LogP contribution in [0.3, 0.4) is 0 Å². The fraction of sp³-hybridized carbons (Fsp3) is 0.773. The zero-order valence-electron chi connectivity index (χ0n) is 17.9. The third-order valence-corrected chi connectivity index (χ3v) is 7.09. The summed E-state index contributed by atoms with van der Waals surface area (Å²) in [7, 11) is 1.85. The Morgan fingerprint density at radius 3 is 2.79 bits per heavy atom. The summed E-state index contributed by atoms with van der Waals surface area (Å²) in [6, 6.07) is 1.93. The number of amides is 2. The van der Waals surface area contributed by atoms with Crippen LogP contribution in [0, 0.1) is 17.8 Å². The predicted molar refractivity (Wildman–Crippen MR) is 111 cm³/mol. The molecule has 1 N–H and O–H groups in total. The van der Waals surface area contributed by atoms with E-state index in [2.05, 4.69) is 22.2 Å². The number of likely N-dealkylation sites (tertiary alicyclic amines) is 2. The molecule has 0 spiro atoms. The molecule has 3 aliphatic rings. The van der Waals surface area contributed by atoms with Crippen molar-refractivity contribution < 1.29 is 9.59 Å². The van der Waals surface area contributed by atoms with Crippen LogP contribution in [0.2, 0.25) is 0 Å². The summed E-state index contributed by atoms with van der Waals surface area (Å²) in [5.74, 6) is 1.21. The number of hydrogen-bond acceptors (Lipinski definition) is 4. The Morgan fingerprint density at radius 2 is 2.03 bits per heavy atom. The van der Waals surface area contributed by atoms with Gasteiger partial charge < -0.3 is 15.1 Å². The zero-order chi connectivity index (χ0) is 20.4. The minimum Gasteiger partial charge on any atom is -0.355 e. The molecule has 2 saturated heterocycles. The normalized spacial score (nSPS) is 26.8. The number of rotatable bonds is 7. The average Bonchev–Trinajstić information content (AvgIpc) is 3.32. The van der Waals surface area contributed by atoms with Gasteiger partial charge in [0.05, 0.1) is 5.69 Å². The number of fused-ring (bicyclic) bond motifs is 1. The summed E-state index contributed by atoms with van der Waals surface area (Å²) in [6.07, 6.45) is 6.46. The van der Waals surface area contributed by atoms with Crippen molar-refractivity contribution >= 4 is 11.8 Å². The van der Waals surface area contributed by atoms with Gasteiger partial charge in [-0.2, -0.15) is 5.10 Å². The monoisotopic (exact) mass is 401 g/mol. The Bertz CT molecular complexity index is 740. The maximum absolute atomic E-state index is 13.1. The maximum Gasteiger partial charge on any atom is 0.272 e. The highest BCUT2D eigenvalue weighted by Gasteiger charge is 2.48. The highest BCUT2D eigenvalue weighted by molar-refractivity contribution is 5.93. The highest BCUT2D eigenvalue weighted by atomic mass is 16.2. The van der Waals surface area contributed by atoms with E-state index in [1.807, 2.05) is 18.0 Å². The van der Waals surface area contributed by atoms with Crippen LogP contribution >= 0.6 is 0 Å². The third kappa shape index (κ3) is 4.34. The topological polar surface area (TPSA) is 70.5 Å². The predicted octanol–water partition coefficient (Wildman–Crippen LogP) is 1.68. The van der Waals surface area contributed by atoms with E-state index in [1.54, 1.807) is 4.68 Å². The number of hydrogen-bond donors (Lipinski definition) is 1. The van der Waals surface area contributed by atoms with Crippen molar-refractivity contribution in [3.8, 4) is 0 Å². The summed E-state index contributed by atoms with van der Waals surface area (Å²) in [6.45, 7) is 7.62. The standard InChI is InChI=1S/C22H35N5O2/c1-3-6-17-14-20(25(2)24-17)22(29)27-11-7-16-13-18(19(16)15-27)21(28)23-8-12-26-9-4-5-10-26/h14,16,18-19H,3-13,15H2,1-2H3,(H,23,28)/t16-,18-,19-/m1/s1. The van der Waals surface area contributed by atoms with Crippen molar-refractivity contribution in [2.24, 2.45) is 24.8 Å². The lowest BCUT2D eigenvalue weighted by atomic mass is 9.61. The first-order chi connectivity index (χ1) is 14.1. The Hall–Kier alpha value is -1.89. The SMILES string of the molecule is CCCc1cc(C(=O)N2CC[C@@H]3C[C@@H](C(=O)NCCN4CCCC4)[C@@H]3C2)n(C)n1. The third-order valence-electron chi connectivity index (χ3n) is 7.09. The number of piperidine rings is 1. The second-order valence-electron chi connectivity index (χ2n) is 9.04. The molecule has 1 saturated carbocycles. The molecule has 1 aliphatic carbocycles. The first-order valence-corrected chi connectivity index (χ1v) is 11.4. The summed E-state index contributed by atoms with van der Waals surface area (Å²) >= 11 is 0. The van der Waals surface area contributed by atoms with Crippen molar-refractivity contribution in [2.45, 2.75) is 45.4 Å². The van der Waals surface area contributed by atoms with Crippen LogP contribution in [0.25, 0.3) is 0 Å². The molecule has 3 atom stereocenters. The van der Waals surface area contributed by atoms with E-state index < -0.39 is 0 Å². The lowest BCUT2D eigenvalue weighted by molar-refractivity contribution is -0.136. The largest absolute Gasteiger partial charge is 0.355 e. The molecule has 29 heavy (non-hydrogen) atoms. The maximum atomic E-state index is 13.1. The number of carbonyl (C=O) groups excluding carboxylic acids is 2. The number of nitrogens with zero attached hydrogens (tertiary/aromatic N) is 4. The van der Waals surface area contributed by atoms with Crippen molar-refractivity contribution in [2.75, 3.05) is 39.3 Å². The highest BCUT2D eigenvalue weighted by Crippen LogP contribution is 2.45. The van der Waals surface area contributed by atoms with Gasteiger partial charge in [0.1, 0.15) is 5.69 Å². The van der Waals surface area contributed by atoms with Gasteiger partial charge in [0.2, 0.25) is 5.91 Å². The number of carbonyl (C=O) groups is 2. The fourth-order valence-electron chi connectivity index (χ4n) is 5.31. The minimum atomic E-state index is 0.0564. The molecule has 7 nitrogen and oxygen atoms in total. The van der Waals surface area contributed by atoms with Crippen LogP contribution in [-0.4, -0.2) is 70.7 Å². The Morgan fingerprint density at radius 1 is 1.24 bits per heavy atom. The molecular weight excluding hydrogens is 366 g/mol. The molecule has 2 aliphatic heterocycles. The van der Waals surface area contributed by atoms with Gasteiger partial charge in [-0.15, -0.1) is 0 Å². The van der Waals surface area contributed by atoms with Crippen molar-refractivity contribution in [1.82, 2.24) is 24.9 Å². The lowest BCUT2D eigenvalue weighted by Crippen LogP contribution is -2.56. The molecule has 1 aromatic rings. The van der Waals surface area contributed by atoms with E-state index in [0.717, 1.165) is 64.1 Å². The molecular formula is C22H35N5O2. The number of aromatic nitrogens is 2. The first-order valence-electron chi connectivity index (χ1n) is 11.4. The van der Waals surface area contributed by atoms with Crippen LogP contribution in [0.5, 0.6) is 0 Å². The molecule has 160 valence electrons. The Labute approximate surface area is 173 Å². The summed E-state index contributed by atoms with van der Waals surface area (Å²) in [4.78, 5) is 30.1. The van der Waals surface area contributed by atoms with Gasteiger partial charge in [0.15, 0.2) is 0 Å². The zero-order valence-corrected chi connectivity index (χ0v) is 17.9. The number of nitrogens with one attached hydrogen (secondary N) is 1. The quantitative estimate of drug-likeness (QED) is 0.755. The molecule has 0 aromatic carbocycles. The Kier molecular flexibility index (Phi) is 6.23. The van der Waals surface area contributed by atoms with E-state index in [1.165, 1.54) is 12.8 Å². The first kappa shape index (κ1) is 20.4. The van der Waals surface area contributed by atoms with Crippen LogP contribution in [0.1, 0.15) is 55.2 Å². The van der Waals surface area contributed by atoms with E-state index >= 15 is 0 Å². The average molecular weight is 402 g/mol. The van der Waals surface area contributed by atoms with Crippen molar-refractivity contribution in [3.05, 3.63) is 17.5 Å². The molecule has 0 bridgehead atoms. The van der Waals surface area contributed by atoms with E-state index in [9.17, 15) is 9.59 Å². The fourth-order valence-corrected chi connectivity index (χ4v) is 5.31. The van der Waals surface area contributed by atoms with Gasteiger partial charge in [-0.05, 0) is 63.1 Å². The molecule has 0 unspecified atom stereocenters. The molecule has 2 amide bonds. The van der Waals surface area contributed by atoms with Crippen LogP contribution < -0.4 is 5.32 Å². The van der Waals surface area contributed by atoms with Crippen LogP contribution in [-0.2, 0) is 18.3 Å². The van der Waals surface area contributed by atoms with E-state index in [-0.39, 0.29) is 17.7 Å². The van der Waals surface area contributed by atoms with Gasteiger partial charge in [-0.1, -0.05) is 13.3 Å². The smallest absolute Gasteiger partial charge is 0.272 e. The summed E-state index contributed by atoms with van der Waals surface area (Å²) in [5.41, 5.74) is 1.64. The van der Waals surface area contributed by atoms with Gasteiger partial charge in [-0.25, -0.2) is 0 Å². The van der Waals surface area contributed by atoms with Gasteiger partial charge in [0.25, 0.3) is 5.91 Å². The molecule has 7 heteroatoms. The second-order valence-corrected chi connectivity index (χ2v) is 9.04. The van der Waals surface area contributed by atoms with E-state index in [0.29, 0.717) is 24.1 Å². The van der Waals surface area contributed by atoms with Gasteiger partial charge in [-0.3, -0.25) is 14.3 Å². The van der Waals surface area contributed by atoms with Gasteiger partial charge >= 0.3 is 0 Å². The van der Waals surface area contributed by atoms with E-state index in [4.69, 9.17) is 0 Å². The minimum absolute atomic E-state index is 0.0564. The van der Waals surface area contributed by atoms with Crippen molar-refractivity contribution in [3.63, 3.8) is 0 Å². The second kappa shape index (κ2) is 8.86. The van der Waals surface area contributed by atoms with Crippen molar-refractivity contribution in [1.29, 1.82) is 0 Å². The molecule has 3 heterocycles. The Balaban J connectivity index is 1.30. The summed E-state index contributed by atoms with van der Waals surface area (Å²) in [5, 5.41) is 7.62. The lowest BCUT2D eigenvalue weighted by Gasteiger charge is -2.50. The molecule has 1 aromatic heterocycles. The number of aryl methyl sites for hydroxylation is 2. The van der Waals surface area contributed by atoms with Crippen LogP contribution in [0.15, 0.2) is 6.07 Å². The summed E-state index contributed by atoms with van der Waals surface area (Å²) < 4.78 is 1.71. The van der Waals surface area contributed by atoms with Gasteiger partial charge in [0, 0.05) is 39.1 Å². The molecule has 4 rings (SSSR count). The van der Waals surface area contributed by atoms with Crippen LogP contribution in [0.4, 0.5) is 0 Å². The molecule has 3 fully saturated rings.